The number of carbonyl (C=O) groups is 1. The van der Waals surface area contributed by atoms with Crippen LogP contribution in [-0.4, -0.2) is 32.1 Å². The Morgan fingerprint density at radius 1 is 0.919 bits per heavy atom. The first-order valence-corrected chi connectivity index (χ1v) is 12.1. The van der Waals surface area contributed by atoms with Crippen molar-refractivity contribution in [3.05, 3.63) is 65.9 Å². The fourth-order valence-corrected chi connectivity index (χ4v) is 5.97. The minimum absolute atomic E-state index is 0.0616. The molecular weight excluding hydrogens is 488 g/mol. The third-order valence-corrected chi connectivity index (χ3v) is 7.71. The predicted octanol–water partition coefficient (Wildman–Crippen LogP) is 6.15. The lowest BCUT2D eigenvalue weighted by Gasteiger charge is -2.47. The van der Waals surface area contributed by atoms with Crippen LogP contribution in [0.2, 0.25) is 0 Å². The summed E-state index contributed by atoms with van der Waals surface area (Å²) in [5.74, 6) is -4.49. The fraction of sp³-hybridized carbons (Fsp3) is 0.296. The minimum atomic E-state index is -1.06. The number of nitrogens with zero attached hydrogens (tertiary/aromatic N) is 2. The quantitative estimate of drug-likeness (QED) is 0.280. The van der Waals surface area contributed by atoms with Gasteiger partial charge in [0.15, 0.2) is 17.5 Å². The zero-order valence-electron chi connectivity index (χ0n) is 19.4. The van der Waals surface area contributed by atoms with Crippen molar-refractivity contribution in [2.75, 3.05) is 5.32 Å². The Bertz CT molecular complexity index is 1530. The summed E-state index contributed by atoms with van der Waals surface area (Å²) in [4.78, 5) is 24.0. The highest BCUT2D eigenvalue weighted by Gasteiger charge is 2.47. The molecule has 3 aliphatic carbocycles. The van der Waals surface area contributed by atoms with Crippen LogP contribution in [0.4, 0.5) is 23.4 Å². The summed E-state index contributed by atoms with van der Waals surface area (Å²) < 4.78 is 56.1. The molecule has 3 fully saturated rings. The number of rotatable bonds is 5. The van der Waals surface area contributed by atoms with Crippen LogP contribution in [0.3, 0.4) is 0 Å². The van der Waals surface area contributed by atoms with Gasteiger partial charge in [-0.3, -0.25) is 4.79 Å². The molecule has 37 heavy (non-hydrogen) atoms. The van der Waals surface area contributed by atoms with Crippen LogP contribution < -0.4 is 5.32 Å². The minimum Gasteiger partial charge on any atom is -0.481 e. The maximum atomic E-state index is 14.3. The van der Waals surface area contributed by atoms with E-state index in [9.17, 15) is 27.5 Å². The standard InChI is InChI=1S/C27H22F4N4O2/c28-15-8-16-17(11-32-25(16)20(31)9-15)26-33-21(14-5-6-18(29)19(30)7-14)10-22(35-26)34-24-13-3-1-12(2-4-13)23(24)27(36)37/h5-13,23-24,32H,1-4H2,(H,36,37)(H,33,34,35)/t12?,13?,23-,24-/m0/s1. The van der Waals surface area contributed by atoms with Gasteiger partial charge in [-0.05, 0) is 61.8 Å². The average Bonchev–Trinajstić information content (AvgIpc) is 3.30. The number of aromatic nitrogens is 3. The van der Waals surface area contributed by atoms with E-state index >= 15 is 0 Å². The second-order valence-corrected chi connectivity index (χ2v) is 9.81. The van der Waals surface area contributed by atoms with Gasteiger partial charge in [-0.15, -0.1) is 0 Å². The summed E-state index contributed by atoms with van der Waals surface area (Å²) in [5.41, 5.74) is 0.886. The molecule has 6 nitrogen and oxygen atoms in total. The predicted molar refractivity (Wildman–Crippen MR) is 129 cm³/mol. The fourth-order valence-electron chi connectivity index (χ4n) is 5.97. The van der Waals surface area contributed by atoms with E-state index in [2.05, 4.69) is 20.3 Å². The van der Waals surface area contributed by atoms with E-state index in [1.807, 2.05) is 0 Å². The van der Waals surface area contributed by atoms with Gasteiger partial charge in [0, 0.05) is 40.9 Å². The van der Waals surface area contributed by atoms with E-state index in [1.165, 1.54) is 12.3 Å². The number of carboxylic acid groups (broad SMARTS) is 1. The van der Waals surface area contributed by atoms with Gasteiger partial charge in [0.2, 0.25) is 0 Å². The maximum Gasteiger partial charge on any atom is 0.308 e. The van der Waals surface area contributed by atoms with Gasteiger partial charge in [-0.1, -0.05) is 0 Å². The van der Waals surface area contributed by atoms with Crippen LogP contribution in [0.25, 0.3) is 33.5 Å². The van der Waals surface area contributed by atoms with Gasteiger partial charge in [0.25, 0.3) is 0 Å². The summed E-state index contributed by atoms with van der Waals surface area (Å²) in [6.45, 7) is 0. The van der Waals surface area contributed by atoms with Gasteiger partial charge in [-0.25, -0.2) is 27.5 Å². The Morgan fingerprint density at radius 3 is 2.41 bits per heavy atom. The van der Waals surface area contributed by atoms with Crippen LogP contribution >= 0.6 is 0 Å². The molecule has 3 N–H and O–H groups in total. The molecule has 4 aromatic rings. The largest absolute Gasteiger partial charge is 0.481 e. The zero-order valence-corrected chi connectivity index (χ0v) is 19.4. The number of benzene rings is 2. The van der Waals surface area contributed by atoms with Gasteiger partial charge in [-0.2, -0.15) is 0 Å². The summed E-state index contributed by atoms with van der Waals surface area (Å²) in [6, 6.07) is 6.45. The molecule has 2 aromatic heterocycles. The molecule has 190 valence electrons. The lowest BCUT2D eigenvalue weighted by Crippen LogP contribution is -2.51. The number of H-pyrrole nitrogens is 1. The highest BCUT2D eigenvalue weighted by Crippen LogP contribution is 2.46. The number of anilines is 1. The van der Waals surface area contributed by atoms with E-state index in [0.717, 1.165) is 49.9 Å². The van der Waals surface area contributed by atoms with Gasteiger partial charge < -0.3 is 15.4 Å². The monoisotopic (exact) mass is 510 g/mol. The number of aromatic amines is 1. The maximum absolute atomic E-state index is 14.3. The lowest BCUT2D eigenvalue weighted by molar-refractivity contribution is -0.148. The Labute approximate surface area is 208 Å². The van der Waals surface area contributed by atoms with E-state index in [4.69, 9.17) is 0 Å². The molecule has 2 atom stereocenters. The van der Waals surface area contributed by atoms with Crippen molar-refractivity contribution in [3.8, 4) is 22.6 Å². The van der Waals surface area contributed by atoms with E-state index in [0.29, 0.717) is 11.4 Å². The Balaban J connectivity index is 1.49. The van der Waals surface area contributed by atoms with E-state index in [-0.39, 0.29) is 45.9 Å². The molecule has 2 bridgehead atoms. The normalized spacial score (nSPS) is 22.9. The number of hydrogen-bond donors (Lipinski definition) is 3. The van der Waals surface area contributed by atoms with Crippen LogP contribution in [0.15, 0.2) is 42.6 Å². The molecule has 3 aliphatic rings. The molecule has 3 saturated carbocycles. The SMILES string of the molecule is O=C(O)[C@H]1C2CCC(CC2)[C@@H]1Nc1cc(-c2ccc(F)c(F)c2)nc(-c2c[nH]c3c(F)cc(F)cc23)n1. The number of hydrogen-bond acceptors (Lipinski definition) is 4. The van der Waals surface area contributed by atoms with Crippen molar-refractivity contribution in [2.45, 2.75) is 31.7 Å². The molecule has 0 saturated heterocycles. The van der Waals surface area contributed by atoms with Crippen molar-refractivity contribution < 1.29 is 27.5 Å². The lowest BCUT2D eigenvalue weighted by atomic mass is 9.61. The number of nitrogens with one attached hydrogen (secondary N) is 2. The number of halogens is 4. The van der Waals surface area contributed by atoms with Crippen LogP contribution in [0.5, 0.6) is 0 Å². The molecule has 0 unspecified atom stereocenters. The second-order valence-electron chi connectivity index (χ2n) is 9.81. The van der Waals surface area contributed by atoms with Crippen molar-refractivity contribution >= 4 is 22.7 Å². The van der Waals surface area contributed by atoms with Crippen LogP contribution in [0.1, 0.15) is 25.7 Å². The second kappa shape index (κ2) is 8.86. The van der Waals surface area contributed by atoms with Crippen LogP contribution in [-0.2, 0) is 4.79 Å². The first-order valence-electron chi connectivity index (χ1n) is 12.1. The summed E-state index contributed by atoms with van der Waals surface area (Å²) in [6.07, 6.45) is 4.98. The van der Waals surface area contributed by atoms with Gasteiger partial charge in [0.05, 0.1) is 17.1 Å². The Morgan fingerprint density at radius 2 is 1.68 bits per heavy atom. The molecule has 0 aliphatic heterocycles. The van der Waals surface area contributed by atoms with Crippen LogP contribution in [0, 0.1) is 41.0 Å². The van der Waals surface area contributed by atoms with Crippen molar-refractivity contribution in [3.63, 3.8) is 0 Å². The van der Waals surface area contributed by atoms with E-state index < -0.39 is 35.2 Å². The van der Waals surface area contributed by atoms with Crippen molar-refractivity contribution in [2.24, 2.45) is 17.8 Å². The summed E-state index contributed by atoms with van der Waals surface area (Å²) >= 11 is 0. The first-order chi connectivity index (χ1) is 17.8. The molecule has 7 rings (SSSR count). The zero-order chi connectivity index (χ0) is 25.8. The highest BCUT2D eigenvalue weighted by atomic mass is 19.2. The molecule has 0 radical (unpaired) electrons. The molecule has 10 heteroatoms. The number of fused-ring (bicyclic) bond motifs is 4. The van der Waals surface area contributed by atoms with Crippen molar-refractivity contribution in [1.29, 1.82) is 0 Å². The smallest absolute Gasteiger partial charge is 0.308 e. The summed E-state index contributed by atoms with van der Waals surface area (Å²) in [5, 5.41) is 13.5. The molecule has 0 amide bonds. The van der Waals surface area contributed by atoms with Crippen molar-refractivity contribution in [1.82, 2.24) is 15.0 Å². The van der Waals surface area contributed by atoms with Gasteiger partial charge in [0.1, 0.15) is 17.5 Å². The number of carboxylic acids is 1. The van der Waals surface area contributed by atoms with E-state index in [1.54, 1.807) is 6.07 Å². The molecular formula is C27H22F4N4O2. The molecule has 0 spiro atoms. The third-order valence-electron chi connectivity index (χ3n) is 7.71. The average molecular weight is 510 g/mol. The Kier molecular flexibility index (Phi) is 5.62. The molecule has 2 heterocycles. The topological polar surface area (TPSA) is 90.9 Å². The number of aliphatic carboxylic acids is 1. The summed E-state index contributed by atoms with van der Waals surface area (Å²) in [7, 11) is 0. The highest BCUT2D eigenvalue weighted by molar-refractivity contribution is 5.94. The van der Waals surface area contributed by atoms with Gasteiger partial charge >= 0.3 is 5.97 Å². The first kappa shape index (κ1) is 23.4. The molecule has 2 aromatic carbocycles. The Hall–Kier alpha value is -3.95. The third kappa shape index (κ3) is 4.10.